The average molecular weight is 421 g/mol. The second-order valence-electron chi connectivity index (χ2n) is 7.79. The van der Waals surface area contributed by atoms with Crippen LogP contribution in [0.4, 0.5) is 0 Å². The van der Waals surface area contributed by atoms with Crippen molar-refractivity contribution in [1.82, 2.24) is 19.2 Å². The molecule has 1 N–H and O–H groups in total. The lowest BCUT2D eigenvalue weighted by atomic mass is 10.0. The third-order valence-corrected chi connectivity index (χ3v) is 7.13. The highest BCUT2D eigenvalue weighted by atomic mass is 32.2. The van der Waals surface area contributed by atoms with Crippen LogP contribution in [0.3, 0.4) is 0 Å². The Bertz CT molecular complexity index is 937. The lowest BCUT2D eigenvalue weighted by Crippen LogP contribution is -2.49. The fourth-order valence-corrected chi connectivity index (χ4v) is 5.26. The number of benzene rings is 1. The van der Waals surface area contributed by atoms with E-state index in [1.165, 1.54) is 10.6 Å². The van der Waals surface area contributed by atoms with Gasteiger partial charge in [0.1, 0.15) is 23.1 Å². The van der Waals surface area contributed by atoms with Crippen LogP contribution in [0.15, 0.2) is 41.8 Å². The van der Waals surface area contributed by atoms with Gasteiger partial charge >= 0.3 is 0 Å². The number of sulfonamides is 1. The van der Waals surface area contributed by atoms with Crippen molar-refractivity contribution >= 4 is 10.0 Å². The van der Waals surface area contributed by atoms with E-state index in [0.29, 0.717) is 12.3 Å². The first-order chi connectivity index (χ1) is 13.7. The molecule has 0 aliphatic carbocycles. The van der Waals surface area contributed by atoms with Crippen molar-refractivity contribution in [2.24, 2.45) is 5.92 Å². The molecule has 9 heteroatoms. The highest BCUT2D eigenvalue weighted by Crippen LogP contribution is 2.36. The van der Waals surface area contributed by atoms with Crippen LogP contribution < -0.4 is 4.74 Å². The van der Waals surface area contributed by atoms with Crippen LogP contribution in [0.25, 0.3) is 11.1 Å². The second-order valence-corrected chi connectivity index (χ2v) is 9.65. The SMILES string of the molecule is C[C@H](CO)N1C[C@H](C)[C@H](CN(C)C)Oc2cc(-c3cncnc3)ccc2S1(=O)=O. The molecule has 0 unspecified atom stereocenters. The van der Waals surface area contributed by atoms with E-state index in [1.807, 2.05) is 25.9 Å². The molecule has 1 aromatic carbocycles. The molecule has 0 amide bonds. The Labute approximate surface area is 172 Å². The van der Waals surface area contributed by atoms with E-state index < -0.39 is 16.1 Å². The molecule has 1 aliphatic rings. The molecule has 2 heterocycles. The van der Waals surface area contributed by atoms with E-state index in [1.54, 1.807) is 37.5 Å². The Balaban J connectivity index is 2.14. The Morgan fingerprint density at radius 3 is 2.59 bits per heavy atom. The van der Waals surface area contributed by atoms with Crippen molar-refractivity contribution in [3.05, 3.63) is 36.9 Å². The highest BCUT2D eigenvalue weighted by molar-refractivity contribution is 7.89. The van der Waals surface area contributed by atoms with E-state index in [4.69, 9.17) is 4.74 Å². The molecule has 3 atom stereocenters. The van der Waals surface area contributed by atoms with Crippen molar-refractivity contribution in [3.63, 3.8) is 0 Å². The van der Waals surface area contributed by atoms with Crippen molar-refractivity contribution in [1.29, 1.82) is 0 Å². The quantitative estimate of drug-likeness (QED) is 0.783. The Morgan fingerprint density at radius 1 is 1.28 bits per heavy atom. The van der Waals surface area contributed by atoms with Crippen LogP contribution in [0.1, 0.15) is 13.8 Å². The van der Waals surface area contributed by atoms with Gasteiger partial charge in [-0.25, -0.2) is 18.4 Å². The van der Waals surface area contributed by atoms with E-state index >= 15 is 0 Å². The van der Waals surface area contributed by atoms with Crippen molar-refractivity contribution in [3.8, 4) is 16.9 Å². The summed E-state index contributed by atoms with van der Waals surface area (Å²) in [5.41, 5.74) is 1.55. The Morgan fingerprint density at radius 2 is 1.97 bits per heavy atom. The number of aromatic nitrogens is 2. The number of hydrogen-bond acceptors (Lipinski definition) is 7. The molecule has 8 nitrogen and oxygen atoms in total. The maximum Gasteiger partial charge on any atom is 0.247 e. The van der Waals surface area contributed by atoms with Gasteiger partial charge in [-0.1, -0.05) is 13.0 Å². The summed E-state index contributed by atoms with van der Waals surface area (Å²) in [6.07, 6.45) is 4.58. The molecule has 0 saturated heterocycles. The zero-order valence-corrected chi connectivity index (χ0v) is 18.0. The molecular weight excluding hydrogens is 392 g/mol. The van der Waals surface area contributed by atoms with Crippen LogP contribution in [-0.2, 0) is 10.0 Å². The monoisotopic (exact) mass is 420 g/mol. The first kappa shape index (κ1) is 21.6. The van der Waals surface area contributed by atoms with Crippen LogP contribution in [0.5, 0.6) is 5.75 Å². The van der Waals surface area contributed by atoms with Gasteiger partial charge in [0.15, 0.2) is 0 Å². The van der Waals surface area contributed by atoms with Gasteiger partial charge in [-0.15, -0.1) is 0 Å². The molecule has 29 heavy (non-hydrogen) atoms. The van der Waals surface area contributed by atoms with Gasteiger partial charge < -0.3 is 14.7 Å². The summed E-state index contributed by atoms with van der Waals surface area (Å²) in [5.74, 6) is 0.234. The van der Waals surface area contributed by atoms with Crippen molar-refractivity contribution < 1.29 is 18.3 Å². The largest absolute Gasteiger partial charge is 0.487 e. The predicted octanol–water partition coefficient (Wildman–Crippen LogP) is 1.47. The summed E-state index contributed by atoms with van der Waals surface area (Å²) in [6, 6.07) is 4.49. The zero-order chi connectivity index (χ0) is 21.2. The third kappa shape index (κ3) is 4.58. The number of aliphatic hydroxyl groups excluding tert-OH is 1. The van der Waals surface area contributed by atoms with E-state index in [-0.39, 0.29) is 30.1 Å². The normalized spacial score (nSPS) is 23.0. The maximum atomic E-state index is 13.4. The number of ether oxygens (including phenoxy) is 1. The van der Waals surface area contributed by atoms with Crippen molar-refractivity contribution in [2.45, 2.75) is 30.9 Å². The fourth-order valence-electron chi connectivity index (χ4n) is 3.43. The lowest BCUT2D eigenvalue weighted by molar-refractivity contribution is 0.0813. The molecule has 1 aromatic heterocycles. The molecule has 0 fully saturated rings. The van der Waals surface area contributed by atoms with Gasteiger partial charge in [0.2, 0.25) is 10.0 Å². The molecular formula is C20H28N4O4S. The van der Waals surface area contributed by atoms with Gasteiger partial charge in [0.05, 0.1) is 6.61 Å². The standard InChI is InChI=1S/C20H28N4O4S/c1-14-10-24(15(2)12-25)29(26,27)20-6-5-16(17-8-21-13-22-9-17)7-18(20)28-19(14)11-23(3)4/h5-9,13-15,19,25H,10-12H2,1-4H3/t14-,15+,19-/m0/s1. The maximum absolute atomic E-state index is 13.4. The minimum Gasteiger partial charge on any atom is -0.487 e. The smallest absolute Gasteiger partial charge is 0.247 e. The molecule has 158 valence electrons. The first-order valence-electron chi connectivity index (χ1n) is 9.57. The third-order valence-electron chi connectivity index (χ3n) is 5.11. The van der Waals surface area contributed by atoms with Gasteiger partial charge in [-0.2, -0.15) is 4.31 Å². The average Bonchev–Trinajstić information content (AvgIpc) is 2.70. The first-order valence-corrected chi connectivity index (χ1v) is 11.0. The van der Waals surface area contributed by atoms with Crippen LogP contribution >= 0.6 is 0 Å². The number of rotatable bonds is 5. The molecule has 0 saturated carbocycles. The van der Waals surface area contributed by atoms with Gasteiger partial charge in [-0.3, -0.25) is 0 Å². The number of aliphatic hydroxyl groups is 1. The summed E-state index contributed by atoms with van der Waals surface area (Å²) in [4.78, 5) is 10.2. The van der Waals surface area contributed by atoms with Crippen LogP contribution in [-0.4, -0.2) is 78.6 Å². The van der Waals surface area contributed by atoms with Crippen LogP contribution in [0.2, 0.25) is 0 Å². The Kier molecular flexibility index (Phi) is 6.52. The Hall–Kier alpha value is -2.07. The number of nitrogens with zero attached hydrogens (tertiary/aromatic N) is 4. The summed E-state index contributed by atoms with van der Waals surface area (Å²) in [6.45, 7) is 4.35. The number of likely N-dealkylation sites (N-methyl/N-ethyl adjacent to an activating group) is 1. The molecule has 3 rings (SSSR count). The second kappa shape index (κ2) is 8.74. The fraction of sp³-hybridized carbons (Fsp3) is 0.500. The summed E-state index contributed by atoms with van der Waals surface area (Å²) >= 11 is 0. The molecule has 2 aromatic rings. The molecule has 0 bridgehead atoms. The van der Waals surface area contributed by atoms with Gasteiger partial charge in [0.25, 0.3) is 0 Å². The highest BCUT2D eigenvalue weighted by Gasteiger charge is 2.37. The summed E-state index contributed by atoms with van der Waals surface area (Å²) in [5, 5.41) is 9.66. The van der Waals surface area contributed by atoms with Crippen molar-refractivity contribution in [2.75, 3.05) is 33.8 Å². The van der Waals surface area contributed by atoms with E-state index in [0.717, 1.165) is 11.1 Å². The molecule has 0 radical (unpaired) electrons. The number of fused-ring (bicyclic) bond motifs is 1. The van der Waals surface area contributed by atoms with Gasteiger partial charge in [-0.05, 0) is 38.7 Å². The minimum absolute atomic E-state index is 0.0713. The lowest BCUT2D eigenvalue weighted by Gasteiger charge is -2.37. The molecule has 1 aliphatic heterocycles. The zero-order valence-electron chi connectivity index (χ0n) is 17.2. The minimum atomic E-state index is -3.83. The van der Waals surface area contributed by atoms with Gasteiger partial charge in [0, 0.05) is 43.0 Å². The topological polar surface area (TPSA) is 95.9 Å². The van der Waals surface area contributed by atoms with Crippen LogP contribution in [0, 0.1) is 5.92 Å². The van der Waals surface area contributed by atoms with E-state index in [9.17, 15) is 13.5 Å². The van der Waals surface area contributed by atoms with E-state index in [2.05, 4.69) is 9.97 Å². The molecule has 0 spiro atoms. The summed E-state index contributed by atoms with van der Waals surface area (Å²) in [7, 11) is 0.0791. The predicted molar refractivity (Wildman–Crippen MR) is 110 cm³/mol. The summed E-state index contributed by atoms with van der Waals surface area (Å²) < 4.78 is 34.4. The number of hydrogen-bond donors (Lipinski definition) is 1.